The molecule has 2 aliphatic carbocycles. The molecule has 0 spiro atoms. The molecule has 2 saturated carbocycles. The third-order valence-electron chi connectivity index (χ3n) is 3.11. The number of rotatable bonds is 3. The van der Waals surface area contributed by atoms with Gasteiger partial charge in [-0.05, 0) is 38.0 Å². The van der Waals surface area contributed by atoms with E-state index in [9.17, 15) is 4.79 Å². The van der Waals surface area contributed by atoms with Crippen LogP contribution in [0, 0.1) is 11.8 Å². The van der Waals surface area contributed by atoms with Gasteiger partial charge in [-0.25, -0.2) is 0 Å². The summed E-state index contributed by atoms with van der Waals surface area (Å²) in [6.45, 7) is 0.893. The Bertz CT molecular complexity index is 206. The Morgan fingerprint density at radius 3 is 2.50 bits per heavy atom. The highest BCUT2D eigenvalue weighted by Gasteiger charge is 2.29. The van der Waals surface area contributed by atoms with Crippen molar-refractivity contribution in [1.82, 2.24) is 5.32 Å². The van der Waals surface area contributed by atoms with Gasteiger partial charge in [0.1, 0.15) is 0 Å². The first-order chi connectivity index (χ1) is 6.25. The van der Waals surface area contributed by atoms with Crippen molar-refractivity contribution < 1.29 is 4.79 Å². The number of carbonyl (C=O) groups excluding carboxylic acids is 1. The molecule has 3 nitrogen and oxygen atoms in total. The summed E-state index contributed by atoms with van der Waals surface area (Å²) in [5.74, 6) is 1.22. The molecule has 3 N–H and O–H groups in total. The van der Waals surface area contributed by atoms with Gasteiger partial charge in [-0.3, -0.25) is 4.79 Å². The van der Waals surface area contributed by atoms with Gasteiger partial charge >= 0.3 is 0 Å². The maximum atomic E-state index is 11.6. The summed E-state index contributed by atoms with van der Waals surface area (Å²) in [5.41, 5.74) is 5.75. The summed E-state index contributed by atoms with van der Waals surface area (Å²) in [5, 5.41) is 3.01. The van der Waals surface area contributed by atoms with Crippen LogP contribution in [0.1, 0.15) is 32.1 Å². The molecule has 14 heavy (non-hydrogen) atoms. The lowest BCUT2D eigenvalue weighted by Gasteiger charge is -2.09. The Kier molecular flexibility index (Phi) is 4.20. The van der Waals surface area contributed by atoms with E-state index in [1.165, 1.54) is 12.8 Å². The Balaban J connectivity index is 0.000000980. The molecule has 0 aromatic rings. The largest absolute Gasteiger partial charge is 0.356 e. The van der Waals surface area contributed by atoms with E-state index in [-0.39, 0.29) is 30.3 Å². The molecule has 0 aromatic carbocycles. The van der Waals surface area contributed by atoms with Crippen LogP contribution in [0.4, 0.5) is 0 Å². The monoisotopic (exact) mass is 218 g/mol. The Hall–Kier alpha value is -0.280. The lowest BCUT2D eigenvalue weighted by Crippen LogP contribution is -2.31. The molecule has 1 amide bonds. The number of hydrogen-bond acceptors (Lipinski definition) is 2. The minimum Gasteiger partial charge on any atom is -0.356 e. The van der Waals surface area contributed by atoms with E-state index in [0.717, 1.165) is 31.7 Å². The summed E-state index contributed by atoms with van der Waals surface area (Å²) in [6.07, 6.45) is 5.48. The van der Waals surface area contributed by atoms with Crippen LogP contribution in [-0.4, -0.2) is 18.5 Å². The van der Waals surface area contributed by atoms with Gasteiger partial charge in [0.15, 0.2) is 0 Å². The zero-order chi connectivity index (χ0) is 9.26. The number of carbonyl (C=O) groups is 1. The summed E-state index contributed by atoms with van der Waals surface area (Å²) in [6, 6.07) is 0.261. The van der Waals surface area contributed by atoms with Gasteiger partial charge in [0, 0.05) is 18.5 Å². The van der Waals surface area contributed by atoms with E-state index in [1.807, 2.05) is 0 Å². The molecule has 2 fully saturated rings. The van der Waals surface area contributed by atoms with Crippen molar-refractivity contribution in [3.8, 4) is 0 Å². The normalized spacial score (nSPS) is 30.9. The summed E-state index contributed by atoms with van der Waals surface area (Å²) in [7, 11) is 0. The molecule has 2 atom stereocenters. The van der Waals surface area contributed by atoms with Crippen molar-refractivity contribution in [3.05, 3.63) is 0 Å². The van der Waals surface area contributed by atoms with Crippen LogP contribution in [0.2, 0.25) is 0 Å². The summed E-state index contributed by atoms with van der Waals surface area (Å²) in [4.78, 5) is 11.6. The molecule has 0 unspecified atom stereocenters. The van der Waals surface area contributed by atoms with Gasteiger partial charge in [-0.1, -0.05) is 0 Å². The Morgan fingerprint density at radius 2 is 2.00 bits per heavy atom. The Labute approximate surface area is 91.2 Å². The number of hydrogen-bond donors (Lipinski definition) is 2. The zero-order valence-corrected chi connectivity index (χ0v) is 9.19. The first-order valence-corrected chi connectivity index (χ1v) is 5.29. The second kappa shape index (κ2) is 4.99. The third kappa shape index (κ3) is 3.14. The minimum absolute atomic E-state index is 0. The molecule has 0 aliphatic heterocycles. The van der Waals surface area contributed by atoms with E-state index < -0.39 is 0 Å². The van der Waals surface area contributed by atoms with E-state index in [2.05, 4.69) is 5.32 Å². The quantitative estimate of drug-likeness (QED) is 0.745. The maximum absolute atomic E-state index is 11.6. The van der Waals surface area contributed by atoms with E-state index in [4.69, 9.17) is 5.73 Å². The highest BCUT2D eigenvalue weighted by molar-refractivity contribution is 5.85. The van der Waals surface area contributed by atoms with Crippen molar-refractivity contribution in [2.24, 2.45) is 17.6 Å². The van der Waals surface area contributed by atoms with Gasteiger partial charge in [-0.15, -0.1) is 12.4 Å². The highest BCUT2D eigenvalue weighted by Crippen LogP contribution is 2.28. The van der Waals surface area contributed by atoms with Crippen molar-refractivity contribution >= 4 is 18.3 Å². The smallest absolute Gasteiger partial charge is 0.223 e. The van der Waals surface area contributed by atoms with Crippen LogP contribution in [-0.2, 0) is 4.79 Å². The molecule has 0 radical (unpaired) electrons. The van der Waals surface area contributed by atoms with E-state index in [0.29, 0.717) is 0 Å². The molecule has 0 bridgehead atoms. The molecule has 0 heterocycles. The summed E-state index contributed by atoms with van der Waals surface area (Å²) < 4.78 is 0. The average Bonchev–Trinajstić information content (AvgIpc) is 2.84. The predicted octanol–water partition coefficient (Wildman–Crippen LogP) is 1.06. The van der Waals surface area contributed by atoms with Crippen molar-refractivity contribution in [1.29, 1.82) is 0 Å². The standard InChI is InChI=1S/C10H18N2O.ClH/c11-9-4-3-8(5-9)10(13)12-6-7-1-2-7;/h7-9H,1-6,11H2,(H,12,13);1H/t8-,9+;/m1./s1. The molecule has 0 saturated heterocycles. The van der Waals surface area contributed by atoms with Crippen LogP contribution in [0.25, 0.3) is 0 Å². The highest BCUT2D eigenvalue weighted by atomic mass is 35.5. The molecule has 4 heteroatoms. The molecular weight excluding hydrogens is 200 g/mol. The van der Waals surface area contributed by atoms with Crippen LogP contribution in [0.5, 0.6) is 0 Å². The van der Waals surface area contributed by atoms with Crippen LogP contribution < -0.4 is 11.1 Å². The lowest BCUT2D eigenvalue weighted by molar-refractivity contribution is -0.124. The van der Waals surface area contributed by atoms with Gasteiger partial charge < -0.3 is 11.1 Å². The predicted molar refractivity (Wildman–Crippen MR) is 58.3 cm³/mol. The topological polar surface area (TPSA) is 55.1 Å². The Morgan fingerprint density at radius 1 is 1.29 bits per heavy atom. The maximum Gasteiger partial charge on any atom is 0.223 e. The van der Waals surface area contributed by atoms with Crippen molar-refractivity contribution in [2.75, 3.05) is 6.54 Å². The summed E-state index contributed by atoms with van der Waals surface area (Å²) >= 11 is 0. The molecule has 2 rings (SSSR count). The average molecular weight is 219 g/mol. The van der Waals surface area contributed by atoms with Gasteiger partial charge in [0.2, 0.25) is 5.91 Å². The molecule has 82 valence electrons. The van der Waals surface area contributed by atoms with Crippen molar-refractivity contribution in [2.45, 2.75) is 38.1 Å². The van der Waals surface area contributed by atoms with Gasteiger partial charge in [0.25, 0.3) is 0 Å². The number of nitrogens with one attached hydrogen (secondary N) is 1. The fourth-order valence-corrected chi connectivity index (χ4v) is 1.97. The second-order valence-corrected chi connectivity index (χ2v) is 4.46. The molecular formula is C10H19ClN2O. The van der Waals surface area contributed by atoms with Gasteiger partial charge in [-0.2, -0.15) is 0 Å². The third-order valence-corrected chi connectivity index (χ3v) is 3.11. The van der Waals surface area contributed by atoms with Crippen LogP contribution in [0.15, 0.2) is 0 Å². The lowest BCUT2D eigenvalue weighted by atomic mass is 10.1. The first kappa shape index (κ1) is 11.8. The fourth-order valence-electron chi connectivity index (χ4n) is 1.97. The van der Waals surface area contributed by atoms with Crippen LogP contribution >= 0.6 is 12.4 Å². The second-order valence-electron chi connectivity index (χ2n) is 4.46. The number of amides is 1. The van der Waals surface area contributed by atoms with Crippen molar-refractivity contribution in [3.63, 3.8) is 0 Å². The molecule has 0 aromatic heterocycles. The molecule has 2 aliphatic rings. The van der Waals surface area contributed by atoms with E-state index in [1.54, 1.807) is 0 Å². The number of nitrogens with two attached hydrogens (primary N) is 1. The SMILES string of the molecule is Cl.N[C@H]1CC[C@@H](C(=O)NCC2CC2)C1. The zero-order valence-electron chi connectivity index (χ0n) is 8.37. The van der Waals surface area contributed by atoms with Gasteiger partial charge in [0.05, 0.1) is 0 Å². The number of halogens is 1. The fraction of sp³-hybridized carbons (Fsp3) is 0.900. The van der Waals surface area contributed by atoms with E-state index >= 15 is 0 Å². The first-order valence-electron chi connectivity index (χ1n) is 5.29. The minimum atomic E-state index is 0. The van der Waals surface area contributed by atoms with Crippen LogP contribution in [0.3, 0.4) is 0 Å².